The number of benzene rings is 2. The predicted molar refractivity (Wildman–Crippen MR) is 241 cm³/mol. The molecule has 15 heteroatoms. The van der Waals surface area contributed by atoms with Gasteiger partial charge in [-0.2, -0.15) is 0 Å². The van der Waals surface area contributed by atoms with Crippen molar-refractivity contribution in [3.63, 3.8) is 0 Å². The molecule has 3 heterocycles. The third-order valence-corrected chi connectivity index (χ3v) is 17.9. The largest absolute Gasteiger partial charge is 0.442 e. The molecule has 4 aromatic rings. The minimum Gasteiger partial charge on any atom is -0.442 e. The Morgan fingerprint density at radius 1 is 1.08 bits per heavy atom. The van der Waals surface area contributed by atoms with Gasteiger partial charge in [-0.15, -0.1) is 0 Å². The van der Waals surface area contributed by atoms with Crippen molar-refractivity contribution in [2.24, 2.45) is 5.92 Å². The van der Waals surface area contributed by atoms with E-state index >= 15 is 8.78 Å². The van der Waals surface area contributed by atoms with Crippen molar-refractivity contribution in [1.82, 2.24) is 25.3 Å². The third-order valence-electron chi connectivity index (χ3n) is 11.4. The molecule has 2 aromatic carbocycles. The van der Waals surface area contributed by atoms with Crippen LogP contribution in [0.3, 0.4) is 0 Å². The van der Waals surface area contributed by atoms with Gasteiger partial charge in [-0.05, 0) is 58.9 Å². The van der Waals surface area contributed by atoms with Crippen molar-refractivity contribution in [3.05, 3.63) is 47.7 Å². The molecule has 0 aliphatic carbocycles. The summed E-state index contributed by atoms with van der Waals surface area (Å²) in [6.45, 7) is 21.9. The number of nitrogens with zero attached hydrogens (tertiary/aromatic N) is 4. The maximum Gasteiger partial charge on any atom is 0.429 e. The topological polar surface area (TPSA) is 111 Å². The van der Waals surface area contributed by atoms with E-state index in [2.05, 4.69) is 78.6 Å². The van der Waals surface area contributed by atoms with Crippen molar-refractivity contribution < 1.29 is 31.9 Å². The quantitative estimate of drug-likeness (QED) is 0.0520. The number of ether oxygens (including phenoxy) is 2. The maximum atomic E-state index is 17.7. The van der Waals surface area contributed by atoms with Crippen LogP contribution in [0.2, 0.25) is 16.6 Å². The smallest absolute Gasteiger partial charge is 0.429 e. The van der Waals surface area contributed by atoms with E-state index in [1.165, 1.54) is 17.3 Å². The molecule has 1 saturated heterocycles. The van der Waals surface area contributed by atoms with E-state index in [0.717, 1.165) is 25.7 Å². The fraction of sp³-hybridized carbons (Fsp3) is 0.565. The monoisotopic (exact) mass is 1050 g/mol. The van der Waals surface area contributed by atoms with Gasteiger partial charge in [0.1, 0.15) is 11.8 Å². The maximum absolute atomic E-state index is 17.7. The zero-order valence-electron chi connectivity index (χ0n) is 37.5. The first kappa shape index (κ1) is 48.3. The van der Waals surface area contributed by atoms with Crippen molar-refractivity contribution >= 4 is 67.7 Å². The molecule has 1 amide bonds. The molecule has 0 saturated carbocycles. The van der Waals surface area contributed by atoms with Crippen molar-refractivity contribution in [3.8, 4) is 32.4 Å². The van der Waals surface area contributed by atoms with Gasteiger partial charge in [-0.3, -0.25) is 0 Å². The molecule has 1 fully saturated rings. The van der Waals surface area contributed by atoms with E-state index in [9.17, 15) is 9.18 Å². The standard InChI is InChI=1S/C46H62F3N6O4Si.Tl/c1-12-14-15-21-55(45(56)58-46(9,10)11)54-43-37-26-51-41(40(49)42(37)52-44(53-43)57-27-31-17-16-20-50-25-33(47)22-31)36-24-34(59-60(28(3)4,29(5)6)30(7)8)23-32-18-19-38(48)35(13-2)39(32)36;/h18-19,23-24,26,28-31,33,50H,12,14-17,20-22,25,27H2,1,3-11H3,(H,52,53,54);/t31-,33-;/m1./s1. The van der Waals surface area contributed by atoms with Crippen LogP contribution in [0.1, 0.15) is 113 Å². The van der Waals surface area contributed by atoms with Crippen LogP contribution in [0.4, 0.5) is 23.8 Å². The zero-order chi connectivity index (χ0) is 44.6. The number of rotatable bonds is 15. The normalized spacial score (nSPS) is 16.3. The van der Waals surface area contributed by atoms with Crippen LogP contribution in [-0.4, -0.2) is 98.2 Å². The van der Waals surface area contributed by atoms with Gasteiger partial charge in [0.25, 0.3) is 0 Å². The van der Waals surface area contributed by atoms with E-state index < -0.39 is 37.8 Å². The number of carbonyl (C=O) groups excluding carboxylic acids is 1. The Kier molecular flexibility index (Phi) is 16.7. The molecule has 5 rings (SSSR count). The van der Waals surface area contributed by atoms with Crippen LogP contribution >= 0.6 is 0 Å². The van der Waals surface area contributed by atoms with Gasteiger partial charge < -0.3 is 10.1 Å². The number of fused-ring (bicyclic) bond motifs is 2. The summed E-state index contributed by atoms with van der Waals surface area (Å²) in [6.07, 6.45) is 4.06. The van der Waals surface area contributed by atoms with Gasteiger partial charge in [-0.1, -0.05) is 19.8 Å². The fourth-order valence-electron chi connectivity index (χ4n) is 8.62. The third kappa shape index (κ3) is 11.7. The SMILES string of the molecule is CCCCCN(Nc1nc(OC[C@@H]2CCCNC[C@H](F)C2)nc2c(F)c(-c3cc(O[Si](C(C)C)(C(C)C)C(C)C)cc4ccc(F)c(C#[C][Tl])c34)ncc12)C(=O)OC(C)(C)C. The number of halogens is 3. The first-order chi connectivity index (χ1) is 28.9. The van der Waals surface area contributed by atoms with E-state index in [1.54, 1.807) is 32.9 Å². The first-order valence-electron chi connectivity index (χ1n) is 21.7. The van der Waals surface area contributed by atoms with Crippen LogP contribution in [0, 0.1) is 27.0 Å². The Balaban J connectivity index is 1.74. The number of hydrogen-bond donors (Lipinski definition) is 2. The predicted octanol–water partition coefficient (Wildman–Crippen LogP) is 11.0. The summed E-state index contributed by atoms with van der Waals surface area (Å²) < 4.78 is 70.2. The Labute approximate surface area is 376 Å². The van der Waals surface area contributed by atoms with Gasteiger partial charge in [-0.25, -0.2) is 9.18 Å². The summed E-state index contributed by atoms with van der Waals surface area (Å²) in [5.41, 5.74) is 3.29. The number of amides is 1. The number of pyridine rings is 1. The second kappa shape index (κ2) is 21.1. The number of unbranched alkanes of at least 4 members (excludes halogenated alkanes) is 2. The second-order valence-corrected chi connectivity index (χ2v) is 24.5. The summed E-state index contributed by atoms with van der Waals surface area (Å²) in [4.78, 5) is 27.6. The summed E-state index contributed by atoms with van der Waals surface area (Å²) in [5, 5.41) is 5.66. The number of aromatic nitrogens is 3. The molecule has 10 nitrogen and oxygen atoms in total. The van der Waals surface area contributed by atoms with E-state index in [-0.39, 0.29) is 102 Å². The molecule has 2 atom stereocenters. The average Bonchev–Trinajstić information content (AvgIpc) is 3.17. The molecule has 61 heavy (non-hydrogen) atoms. The molecule has 0 radical (unpaired) electrons. The summed E-state index contributed by atoms with van der Waals surface area (Å²) >= 11 is 0.272. The second-order valence-electron chi connectivity index (χ2n) is 18.0. The molecule has 1 aliphatic rings. The summed E-state index contributed by atoms with van der Waals surface area (Å²) in [7, 11) is -2.50. The van der Waals surface area contributed by atoms with Crippen LogP contribution in [0.25, 0.3) is 32.9 Å². The average molecular weight is 1050 g/mol. The van der Waals surface area contributed by atoms with Gasteiger partial charge in [0, 0.05) is 13.1 Å². The number of alkyl halides is 1. The summed E-state index contributed by atoms with van der Waals surface area (Å²) in [5.74, 6) is 2.14. The Morgan fingerprint density at radius 3 is 2.46 bits per heavy atom. The molecule has 0 bridgehead atoms. The van der Waals surface area contributed by atoms with Crippen LogP contribution in [0.5, 0.6) is 11.8 Å². The van der Waals surface area contributed by atoms with Gasteiger partial charge in [0.05, 0.1) is 0 Å². The first-order valence-corrected chi connectivity index (χ1v) is 26.1. The molecule has 2 N–H and O–H groups in total. The zero-order valence-corrected chi connectivity index (χ0v) is 43.0. The molecule has 328 valence electrons. The Hall–Kier alpha value is -3.69. The van der Waals surface area contributed by atoms with Crippen LogP contribution in [0.15, 0.2) is 30.5 Å². The number of anilines is 1. The number of nitrogens with one attached hydrogen (secondary N) is 2. The Bertz CT molecular complexity index is 2210. The van der Waals surface area contributed by atoms with Crippen molar-refractivity contribution in [2.45, 2.75) is 136 Å². The van der Waals surface area contributed by atoms with Gasteiger partial charge in [0.2, 0.25) is 0 Å². The van der Waals surface area contributed by atoms with Crippen LogP contribution in [-0.2, 0) is 4.74 Å². The summed E-state index contributed by atoms with van der Waals surface area (Å²) in [6, 6.07) is 6.53. The molecule has 1 aliphatic heterocycles. The van der Waals surface area contributed by atoms with E-state index in [0.29, 0.717) is 41.5 Å². The Morgan fingerprint density at radius 2 is 1.80 bits per heavy atom. The van der Waals surface area contributed by atoms with Gasteiger partial charge in [0.15, 0.2) is 0 Å². The minimum atomic E-state index is -2.50. The number of hydrazine groups is 1. The van der Waals surface area contributed by atoms with Crippen molar-refractivity contribution in [1.29, 1.82) is 0 Å². The number of carbonyl (C=O) groups is 1. The molecule has 0 unspecified atom stereocenters. The minimum absolute atomic E-state index is 0.0728. The van der Waals surface area contributed by atoms with Crippen molar-refractivity contribution in [2.75, 3.05) is 31.7 Å². The van der Waals surface area contributed by atoms with Crippen LogP contribution < -0.4 is 19.9 Å². The molecule has 2 aromatic heterocycles. The van der Waals surface area contributed by atoms with E-state index in [1.807, 2.05) is 6.07 Å². The van der Waals surface area contributed by atoms with E-state index in [4.69, 9.17) is 18.9 Å². The fourth-order valence-corrected chi connectivity index (χ4v) is 14.4. The van der Waals surface area contributed by atoms with Gasteiger partial charge >= 0.3 is 256 Å². The molecule has 0 spiro atoms. The molecular formula is C46H62F3N6O4SiTl. The number of hydrogen-bond acceptors (Lipinski definition) is 9. The molecular weight excluding hydrogens is 990 g/mol.